The summed E-state index contributed by atoms with van der Waals surface area (Å²) in [4.78, 5) is 10.4. The molecule has 76 valence electrons. The van der Waals surface area contributed by atoms with E-state index in [1.54, 1.807) is 0 Å². The van der Waals surface area contributed by atoms with E-state index in [4.69, 9.17) is 11.6 Å². The fraction of sp³-hybridized carbons (Fsp3) is 0. The molecule has 0 aliphatic rings. The fourth-order valence-corrected chi connectivity index (χ4v) is 1.45. The van der Waals surface area contributed by atoms with Crippen LogP contribution in [0.2, 0.25) is 5.02 Å². The molecule has 5 heteroatoms. The Bertz CT molecular complexity index is 510. The third kappa shape index (κ3) is 1.89. The van der Waals surface area contributed by atoms with Crippen molar-refractivity contribution in [2.24, 2.45) is 0 Å². The highest BCUT2D eigenvalue weighted by molar-refractivity contribution is 6.32. The minimum Gasteiger partial charge on any atom is -0.298 e. The lowest BCUT2D eigenvalue weighted by Gasteiger charge is -2.03. The Balaban J connectivity index is 2.49. The summed E-state index contributed by atoms with van der Waals surface area (Å²) in [6, 6.07) is 3.97. The van der Waals surface area contributed by atoms with E-state index in [0.717, 1.165) is 0 Å². The highest BCUT2D eigenvalue weighted by Gasteiger charge is 2.05. The first-order valence-electron chi connectivity index (χ1n) is 4.16. The fourth-order valence-electron chi connectivity index (χ4n) is 1.20. The van der Waals surface area contributed by atoms with E-state index in [-0.39, 0.29) is 5.02 Å². The van der Waals surface area contributed by atoms with Crippen molar-refractivity contribution in [1.82, 2.24) is 9.78 Å². The number of carbonyl (C=O) groups is 1. The van der Waals surface area contributed by atoms with Gasteiger partial charge in [0.15, 0.2) is 6.29 Å². The van der Waals surface area contributed by atoms with Crippen molar-refractivity contribution < 1.29 is 9.18 Å². The molecule has 1 aromatic carbocycles. The maximum absolute atomic E-state index is 12.8. The number of carbonyl (C=O) groups excluding carboxylic acids is 1. The van der Waals surface area contributed by atoms with Crippen molar-refractivity contribution in [3.05, 3.63) is 47.0 Å². The Kier molecular flexibility index (Phi) is 2.51. The Morgan fingerprint density at radius 1 is 1.47 bits per heavy atom. The lowest BCUT2D eigenvalue weighted by molar-refractivity contribution is 0.112. The van der Waals surface area contributed by atoms with Gasteiger partial charge >= 0.3 is 0 Å². The second-order valence-electron chi connectivity index (χ2n) is 2.93. The lowest BCUT2D eigenvalue weighted by atomic mass is 10.3. The van der Waals surface area contributed by atoms with Gasteiger partial charge in [0.25, 0.3) is 0 Å². The number of benzene rings is 1. The van der Waals surface area contributed by atoms with Gasteiger partial charge in [0.05, 0.1) is 22.5 Å². The summed E-state index contributed by atoms with van der Waals surface area (Å²) in [5, 5.41) is 4.17. The van der Waals surface area contributed by atoms with Gasteiger partial charge in [0.1, 0.15) is 5.82 Å². The Labute approximate surface area is 90.1 Å². The first-order chi connectivity index (χ1) is 7.20. The molecule has 0 saturated heterocycles. The summed E-state index contributed by atoms with van der Waals surface area (Å²) in [6.07, 6.45) is 3.61. The van der Waals surface area contributed by atoms with E-state index in [0.29, 0.717) is 17.5 Å². The van der Waals surface area contributed by atoms with Gasteiger partial charge in [-0.05, 0) is 18.2 Å². The van der Waals surface area contributed by atoms with E-state index in [9.17, 15) is 9.18 Å². The van der Waals surface area contributed by atoms with Crippen molar-refractivity contribution in [2.45, 2.75) is 0 Å². The van der Waals surface area contributed by atoms with Crippen LogP contribution >= 0.6 is 11.6 Å². The third-order valence-corrected chi connectivity index (χ3v) is 2.20. The first-order valence-corrected chi connectivity index (χ1v) is 4.54. The number of aldehydes is 1. The zero-order chi connectivity index (χ0) is 10.8. The molecule has 3 nitrogen and oxygen atoms in total. The molecule has 0 bridgehead atoms. The molecule has 15 heavy (non-hydrogen) atoms. The molecule has 1 aromatic heterocycles. The average molecular weight is 225 g/mol. The topological polar surface area (TPSA) is 34.9 Å². The van der Waals surface area contributed by atoms with Crippen LogP contribution in [0.3, 0.4) is 0 Å². The van der Waals surface area contributed by atoms with Crippen LogP contribution in [0, 0.1) is 5.82 Å². The molecule has 2 aromatic rings. The standard InChI is InChI=1S/C10H6ClFN2O/c11-9-3-8(12)1-2-10(9)14-5-7(6-15)4-13-14/h1-6H. The van der Waals surface area contributed by atoms with Crippen LogP contribution in [0.1, 0.15) is 10.4 Å². The maximum Gasteiger partial charge on any atom is 0.153 e. The molecule has 0 aliphatic carbocycles. The average Bonchev–Trinajstić information content (AvgIpc) is 2.66. The number of hydrogen-bond donors (Lipinski definition) is 0. The van der Waals surface area contributed by atoms with E-state index in [1.165, 1.54) is 35.3 Å². The molecule has 0 N–H and O–H groups in total. The van der Waals surface area contributed by atoms with Gasteiger partial charge in [0, 0.05) is 6.20 Å². The van der Waals surface area contributed by atoms with E-state index in [2.05, 4.69) is 5.10 Å². The zero-order valence-corrected chi connectivity index (χ0v) is 8.28. The number of rotatable bonds is 2. The van der Waals surface area contributed by atoms with Crippen molar-refractivity contribution in [3.8, 4) is 5.69 Å². The quantitative estimate of drug-likeness (QED) is 0.735. The van der Waals surface area contributed by atoms with Crippen molar-refractivity contribution in [2.75, 3.05) is 0 Å². The molecule has 0 fully saturated rings. The summed E-state index contributed by atoms with van der Waals surface area (Å²) < 4.78 is 14.2. The third-order valence-electron chi connectivity index (χ3n) is 1.90. The normalized spacial score (nSPS) is 10.3. The van der Waals surface area contributed by atoms with E-state index >= 15 is 0 Å². The summed E-state index contributed by atoms with van der Waals surface area (Å²) >= 11 is 5.83. The number of hydrogen-bond acceptors (Lipinski definition) is 2. The van der Waals surface area contributed by atoms with Gasteiger partial charge in [-0.1, -0.05) is 11.6 Å². The number of nitrogens with zero attached hydrogens (tertiary/aromatic N) is 2. The van der Waals surface area contributed by atoms with E-state index in [1.807, 2.05) is 0 Å². The van der Waals surface area contributed by atoms with Crippen LogP contribution in [0.25, 0.3) is 5.69 Å². The Morgan fingerprint density at radius 3 is 2.87 bits per heavy atom. The van der Waals surface area contributed by atoms with E-state index < -0.39 is 5.82 Å². The second kappa shape index (κ2) is 3.82. The molecule has 0 atom stereocenters. The molecule has 0 aliphatic heterocycles. The lowest BCUT2D eigenvalue weighted by Crippen LogP contribution is -1.95. The van der Waals surface area contributed by atoms with Crippen molar-refractivity contribution >= 4 is 17.9 Å². The molecular weight excluding hydrogens is 219 g/mol. The molecule has 2 rings (SSSR count). The van der Waals surface area contributed by atoms with Gasteiger partial charge in [-0.25, -0.2) is 9.07 Å². The van der Waals surface area contributed by atoms with Crippen LogP contribution < -0.4 is 0 Å². The molecule has 0 radical (unpaired) electrons. The van der Waals surface area contributed by atoms with Crippen molar-refractivity contribution in [3.63, 3.8) is 0 Å². The molecule has 0 amide bonds. The highest BCUT2D eigenvalue weighted by Crippen LogP contribution is 2.20. The van der Waals surface area contributed by atoms with Crippen LogP contribution in [-0.2, 0) is 0 Å². The van der Waals surface area contributed by atoms with Gasteiger partial charge in [-0.15, -0.1) is 0 Å². The van der Waals surface area contributed by atoms with Gasteiger partial charge in [0.2, 0.25) is 0 Å². The number of halogens is 2. The van der Waals surface area contributed by atoms with Crippen LogP contribution in [0.5, 0.6) is 0 Å². The molecule has 0 unspecified atom stereocenters. The van der Waals surface area contributed by atoms with Crippen LogP contribution in [-0.4, -0.2) is 16.1 Å². The largest absolute Gasteiger partial charge is 0.298 e. The van der Waals surface area contributed by atoms with Crippen LogP contribution in [0.15, 0.2) is 30.6 Å². The van der Waals surface area contributed by atoms with Gasteiger partial charge in [-0.2, -0.15) is 5.10 Å². The summed E-state index contributed by atoms with van der Waals surface area (Å²) in [5.41, 5.74) is 0.974. The Morgan fingerprint density at radius 2 is 2.27 bits per heavy atom. The van der Waals surface area contributed by atoms with Crippen molar-refractivity contribution in [1.29, 1.82) is 0 Å². The summed E-state index contributed by atoms with van der Waals surface area (Å²) in [7, 11) is 0. The maximum atomic E-state index is 12.8. The molecular formula is C10H6ClFN2O. The zero-order valence-electron chi connectivity index (χ0n) is 7.52. The SMILES string of the molecule is O=Cc1cnn(-c2ccc(F)cc2Cl)c1. The number of aromatic nitrogens is 2. The molecule has 0 saturated carbocycles. The summed E-state index contributed by atoms with van der Waals surface area (Å²) in [5.74, 6) is -0.411. The Hall–Kier alpha value is -1.68. The molecule has 0 spiro atoms. The van der Waals surface area contributed by atoms with Gasteiger partial charge in [-0.3, -0.25) is 4.79 Å². The second-order valence-corrected chi connectivity index (χ2v) is 3.34. The first kappa shape index (κ1) is 9.86. The monoisotopic (exact) mass is 224 g/mol. The minimum atomic E-state index is -0.411. The summed E-state index contributed by atoms with van der Waals surface area (Å²) in [6.45, 7) is 0. The minimum absolute atomic E-state index is 0.246. The predicted molar refractivity (Wildman–Crippen MR) is 53.9 cm³/mol. The highest BCUT2D eigenvalue weighted by atomic mass is 35.5. The predicted octanol–water partition coefficient (Wildman–Crippen LogP) is 2.48. The smallest absolute Gasteiger partial charge is 0.153 e. The van der Waals surface area contributed by atoms with Gasteiger partial charge < -0.3 is 0 Å². The van der Waals surface area contributed by atoms with Crippen LogP contribution in [0.4, 0.5) is 4.39 Å². The molecule has 1 heterocycles.